The maximum absolute atomic E-state index is 9.35. The standard InChI is InChI=1S/C22H18N4/c23-12-17-6-1-2-7-18(17)15-26-16-19(21-9-3-4-10-22(21)26)13-25-20-8-5-11-24-14-20/h1-11,14,16,25H,13,15H2. The summed E-state index contributed by atoms with van der Waals surface area (Å²) in [5.41, 5.74) is 5.14. The maximum atomic E-state index is 9.35. The molecule has 0 atom stereocenters. The van der Waals surface area contributed by atoms with E-state index in [2.05, 4.69) is 45.3 Å². The number of rotatable bonds is 5. The van der Waals surface area contributed by atoms with Gasteiger partial charge in [0.05, 0.1) is 17.3 Å². The molecule has 0 unspecified atom stereocenters. The minimum absolute atomic E-state index is 0.678. The summed E-state index contributed by atoms with van der Waals surface area (Å²) in [6, 6.07) is 22.3. The Bertz CT molecular complexity index is 1070. The Morgan fingerprint density at radius 3 is 2.65 bits per heavy atom. The first-order valence-corrected chi connectivity index (χ1v) is 8.54. The van der Waals surface area contributed by atoms with Crippen LogP contribution in [-0.2, 0) is 13.1 Å². The Labute approximate surface area is 152 Å². The van der Waals surface area contributed by atoms with Crippen LogP contribution in [0.15, 0.2) is 79.3 Å². The van der Waals surface area contributed by atoms with Gasteiger partial charge in [0.1, 0.15) is 0 Å². The molecule has 1 N–H and O–H groups in total. The largest absolute Gasteiger partial charge is 0.380 e. The van der Waals surface area contributed by atoms with Crippen molar-refractivity contribution in [2.45, 2.75) is 13.1 Å². The molecule has 0 fully saturated rings. The minimum atomic E-state index is 0.678. The molecule has 0 aliphatic carbocycles. The predicted molar refractivity (Wildman–Crippen MR) is 104 cm³/mol. The van der Waals surface area contributed by atoms with E-state index in [1.54, 1.807) is 6.20 Å². The molecule has 4 rings (SSSR count). The predicted octanol–water partition coefficient (Wildman–Crippen LogP) is 4.57. The van der Waals surface area contributed by atoms with Gasteiger partial charge in [-0.1, -0.05) is 36.4 Å². The van der Waals surface area contributed by atoms with Gasteiger partial charge in [0.15, 0.2) is 0 Å². The summed E-state index contributed by atoms with van der Waals surface area (Å²) in [6.45, 7) is 1.40. The number of benzene rings is 2. The summed E-state index contributed by atoms with van der Waals surface area (Å²) in [4.78, 5) is 4.14. The Morgan fingerprint density at radius 1 is 0.962 bits per heavy atom. The van der Waals surface area contributed by atoms with Crippen LogP contribution in [0.1, 0.15) is 16.7 Å². The third kappa shape index (κ3) is 3.15. The molecule has 4 nitrogen and oxygen atoms in total. The molecular formula is C22H18N4. The van der Waals surface area contributed by atoms with E-state index < -0.39 is 0 Å². The summed E-state index contributed by atoms with van der Waals surface area (Å²) < 4.78 is 2.21. The van der Waals surface area contributed by atoms with Crippen molar-refractivity contribution in [3.63, 3.8) is 0 Å². The van der Waals surface area contributed by atoms with E-state index in [0.717, 1.165) is 23.4 Å². The minimum Gasteiger partial charge on any atom is -0.380 e. The van der Waals surface area contributed by atoms with E-state index in [9.17, 15) is 5.26 Å². The van der Waals surface area contributed by atoms with Gasteiger partial charge in [0.25, 0.3) is 0 Å². The van der Waals surface area contributed by atoms with Crippen LogP contribution in [0.25, 0.3) is 10.9 Å². The molecule has 126 valence electrons. The molecule has 0 saturated carbocycles. The highest BCUT2D eigenvalue weighted by molar-refractivity contribution is 5.84. The zero-order valence-corrected chi connectivity index (χ0v) is 14.3. The molecule has 4 aromatic rings. The second-order valence-electron chi connectivity index (χ2n) is 6.16. The van der Waals surface area contributed by atoms with Gasteiger partial charge in [-0.2, -0.15) is 5.26 Å². The molecule has 2 aromatic carbocycles. The van der Waals surface area contributed by atoms with Gasteiger partial charge in [-0.05, 0) is 35.4 Å². The fourth-order valence-corrected chi connectivity index (χ4v) is 3.21. The van der Waals surface area contributed by atoms with Gasteiger partial charge in [-0.3, -0.25) is 4.98 Å². The lowest BCUT2D eigenvalue weighted by Gasteiger charge is -2.07. The second-order valence-corrected chi connectivity index (χ2v) is 6.16. The number of aromatic nitrogens is 2. The van der Waals surface area contributed by atoms with Gasteiger partial charge < -0.3 is 9.88 Å². The molecule has 4 heteroatoms. The van der Waals surface area contributed by atoms with Crippen molar-refractivity contribution in [1.82, 2.24) is 9.55 Å². The molecule has 2 aromatic heterocycles. The van der Waals surface area contributed by atoms with Gasteiger partial charge in [0.2, 0.25) is 0 Å². The molecule has 26 heavy (non-hydrogen) atoms. The average Bonchev–Trinajstić information content (AvgIpc) is 3.05. The Balaban J connectivity index is 1.67. The summed E-state index contributed by atoms with van der Waals surface area (Å²) >= 11 is 0. The van der Waals surface area contributed by atoms with E-state index in [1.807, 2.05) is 48.7 Å². The summed E-state index contributed by atoms with van der Waals surface area (Å²) in [6.07, 6.45) is 5.76. The Kier molecular flexibility index (Phi) is 4.36. The third-order valence-corrected chi connectivity index (χ3v) is 4.49. The summed E-state index contributed by atoms with van der Waals surface area (Å²) in [5, 5.41) is 14.0. The number of nitriles is 1. The lowest BCUT2D eigenvalue weighted by Crippen LogP contribution is -2.01. The smallest absolute Gasteiger partial charge is 0.0995 e. The molecule has 0 saturated heterocycles. The third-order valence-electron chi connectivity index (χ3n) is 4.49. The van der Waals surface area contributed by atoms with Crippen molar-refractivity contribution in [2.24, 2.45) is 0 Å². The quantitative estimate of drug-likeness (QED) is 0.580. The number of para-hydroxylation sites is 1. The molecule has 0 radical (unpaired) electrons. The number of nitrogens with one attached hydrogen (secondary N) is 1. The number of nitrogens with zero attached hydrogens (tertiary/aromatic N) is 3. The van der Waals surface area contributed by atoms with Crippen LogP contribution in [0, 0.1) is 11.3 Å². The average molecular weight is 338 g/mol. The van der Waals surface area contributed by atoms with Crippen LogP contribution in [0.4, 0.5) is 5.69 Å². The molecule has 0 bridgehead atoms. The Hall–Kier alpha value is -3.58. The maximum Gasteiger partial charge on any atom is 0.0995 e. The van der Waals surface area contributed by atoms with Crippen molar-refractivity contribution in [3.8, 4) is 6.07 Å². The highest BCUT2D eigenvalue weighted by Gasteiger charge is 2.10. The topological polar surface area (TPSA) is 53.6 Å². The molecular weight excluding hydrogens is 320 g/mol. The molecule has 0 aliphatic heterocycles. The van der Waals surface area contributed by atoms with E-state index >= 15 is 0 Å². The zero-order valence-electron chi connectivity index (χ0n) is 14.3. The van der Waals surface area contributed by atoms with Crippen LogP contribution >= 0.6 is 0 Å². The van der Waals surface area contributed by atoms with Crippen LogP contribution in [0.2, 0.25) is 0 Å². The van der Waals surface area contributed by atoms with Gasteiger partial charge in [-0.15, -0.1) is 0 Å². The van der Waals surface area contributed by atoms with Crippen molar-refractivity contribution >= 4 is 16.6 Å². The highest BCUT2D eigenvalue weighted by Crippen LogP contribution is 2.24. The number of fused-ring (bicyclic) bond motifs is 1. The monoisotopic (exact) mass is 338 g/mol. The van der Waals surface area contributed by atoms with Gasteiger partial charge >= 0.3 is 0 Å². The van der Waals surface area contributed by atoms with E-state index in [-0.39, 0.29) is 0 Å². The number of anilines is 1. The number of pyridine rings is 1. The first-order chi connectivity index (χ1) is 12.8. The second kappa shape index (κ2) is 7.12. The van der Waals surface area contributed by atoms with Gasteiger partial charge in [-0.25, -0.2) is 0 Å². The lowest BCUT2D eigenvalue weighted by atomic mass is 10.1. The fourth-order valence-electron chi connectivity index (χ4n) is 3.21. The first kappa shape index (κ1) is 15.9. The lowest BCUT2D eigenvalue weighted by molar-refractivity contribution is 0.829. The van der Waals surface area contributed by atoms with Crippen LogP contribution in [0.3, 0.4) is 0 Å². The molecule has 0 amide bonds. The summed E-state index contributed by atoms with van der Waals surface area (Å²) in [7, 11) is 0. The Morgan fingerprint density at radius 2 is 1.81 bits per heavy atom. The fraction of sp³-hybridized carbons (Fsp3) is 0.0909. The normalized spacial score (nSPS) is 10.6. The van der Waals surface area contributed by atoms with Gasteiger partial charge in [0, 0.05) is 42.6 Å². The number of hydrogen-bond acceptors (Lipinski definition) is 3. The summed E-state index contributed by atoms with van der Waals surface area (Å²) in [5.74, 6) is 0. The van der Waals surface area contributed by atoms with Crippen molar-refractivity contribution in [3.05, 3.63) is 95.9 Å². The van der Waals surface area contributed by atoms with Crippen molar-refractivity contribution < 1.29 is 0 Å². The molecule has 2 heterocycles. The number of hydrogen-bond donors (Lipinski definition) is 1. The highest BCUT2D eigenvalue weighted by atomic mass is 15.0. The molecule has 0 aliphatic rings. The van der Waals surface area contributed by atoms with E-state index in [4.69, 9.17) is 0 Å². The van der Waals surface area contributed by atoms with E-state index in [1.165, 1.54) is 16.5 Å². The van der Waals surface area contributed by atoms with Crippen LogP contribution in [-0.4, -0.2) is 9.55 Å². The zero-order chi connectivity index (χ0) is 17.8. The first-order valence-electron chi connectivity index (χ1n) is 8.54. The van der Waals surface area contributed by atoms with E-state index in [0.29, 0.717) is 6.54 Å². The molecule has 0 spiro atoms. The van der Waals surface area contributed by atoms with Crippen molar-refractivity contribution in [1.29, 1.82) is 5.26 Å². The SMILES string of the molecule is N#Cc1ccccc1Cn1cc(CNc2cccnc2)c2ccccc21. The van der Waals surface area contributed by atoms with Crippen LogP contribution in [0.5, 0.6) is 0 Å². The van der Waals surface area contributed by atoms with Crippen LogP contribution < -0.4 is 5.32 Å². The van der Waals surface area contributed by atoms with Crippen molar-refractivity contribution in [2.75, 3.05) is 5.32 Å².